The molecule has 3 nitrogen and oxygen atoms in total. The van der Waals surface area contributed by atoms with E-state index in [1.807, 2.05) is 0 Å². The van der Waals surface area contributed by atoms with Gasteiger partial charge in [-0.05, 0) is 149 Å². The molecule has 0 fully saturated rings. The molecule has 10 aromatic rings. The fourth-order valence-electron chi connectivity index (χ4n) is 10.7. The third-order valence-electron chi connectivity index (χ3n) is 13.5. The van der Waals surface area contributed by atoms with E-state index in [-0.39, 0.29) is 12.1 Å². The van der Waals surface area contributed by atoms with Crippen molar-refractivity contribution in [2.45, 2.75) is 26.2 Å². The molecule has 306 valence electrons. The Kier molecular flexibility index (Phi) is 8.90. The maximum atomic E-state index is 10.8. The average Bonchev–Trinajstić information content (AvgIpc) is 3.35. The van der Waals surface area contributed by atoms with Gasteiger partial charge in [-0.15, -0.1) is 0 Å². The molecule has 0 atom stereocenters. The van der Waals surface area contributed by atoms with E-state index in [4.69, 9.17) is 0 Å². The summed E-state index contributed by atoms with van der Waals surface area (Å²) in [6.07, 6.45) is 0. The van der Waals surface area contributed by atoms with E-state index in [1.54, 1.807) is 0 Å². The standard InChI is InChI=1S/C61H44BN3/c1-61(2,3)45-31-32-55-53(38-45)62-52-29-17-18-30-54(52)64(46-21-9-5-10-22-46)56-36-43(37-57(60(56)62)65(55)47-23-11-6-12-24-47)42-33-40(39-63)34-44(35-42)59-50-27-15-13-25-48(50)58(41-19-7-4-8-20-41)49-26-14-16-28-51(49)59/h4-38H,1-3H3. The lowest BCUT2D eigenvalue weighted by molar-refractivity contribution is 0.591. The average molecular weight is 830 g/mol. The van der Waals surface area contributed by atoms with Crippen LogP contribution in [0.2, 0.25) is 0 Å². The molecule has 12 rings (SSSR count). The van der Waals surface area contributed by atoms with Gasteiger partial charge in [0.2, 0.25) is 0 Å². The molecule has 2 heterocycles. The monoisotopic (exact) mass is 829 g/mol. The molecule has 0 unspecified atom stereocenters. The molecule has 4 heteroatoms. The van der Waals surface area contributed by atoms with Gasteiger partial charge in [-0.1, -0.05) is 166 Å². The molecule has 2 aliphatic rings. The zero-order valence-electron chi connectivity index (χ0n) is 36.6. The van der Waals surface area contributed by atoms with Gasteiger partial charge in [0, 0.05) is 34.1 Å². The number of hydrogen-bond donors (Lipinski definition) is 0. The molecule has 0 saturated carbocycles. The maximum absolute atomic E-state index is 10.8. The summed E-state index contributed by atoms with van der Waals surface area (Å²) in [6, 6.07) is 79.6. The third kappa shape index (κ3) is 6.19. The van der Waals surface area contributed by atoms with Gasteiger partial charge in [-0.25, -0.2) is 0 Å². The van der Waals surface area contributed by atoms with Crippen molar-refractivity contribution in [1.29, 1.82) is 5.26 Å². The number of para-hydroxylation sites is 3. The molecule has 2 aliphatic heterocycles. The first kappa shape index (κ1) is 38.5. The molecule has 10 aromatic carbocycles. The van der Waals surface area contributed by atoms with E-state index >= 15 is 0 Å². The minimum absolute atomic E-state index is 0.00987. The minimum atomic E-state index is -0.0359. The molecule has 0 aliphatic carbocycles. The van der Waals surface area contributed by atoms with Gasteiger partial charge in [-0.3, -0.25) is 0 Å². The van der Waals surface area contributed by atoms with Crippen molar-refractivity contribution in [3.8, 4) is 39.4 Å². The number of benzene rings is 10. The van der Waals surface area contributed by atoms with Crippen LogP contribution < -0.4 is 26.2 Å². The molecule has 0 saturated heterocycles. The van der Waals surface area contributed by atoms with E-state index in [0.717, 1.165) is 55.8 Å². The van der Waals surface area contributed by atoms with E-state index in [9.17, 15) is 5.26 Å². The maximum Gasteiger partial charge on any atom is 0.252 e. The molecule has 0 bridgehead atoms. The summed E-state index contributed by atoms with van der Waals surface area (Å²) in [5.74, 6) is 0. The Bertz CT molecular complexity index is 3470. The van der Waals surface area contributed by atoms with Gasteiger partial charge < -0.3 is 9.80 Å². The summed E-state index contributed by atoms with van der Waals surface area (Å²) < 4.78 is 0. The number of rotatable bonds is 5. The Balaban J connectivity index is 1.16. The predicted molar refractivity (Wildman–Crippen MR) is 275 cm³/mol. The van der Waals surface area contributed by atoms with Crippen LogP contribution in [0.1, 0.15) is 31.9 Å². The van der Waals surface area contributed by atoms with Crippen LogP contribution in [-0.4, -0.2) is 6.71 Å². The molecular formula is C61H44BN3. The van der Waals surface area contributed by atoms with Crippen LogP contribution in [0.3, 0.4) is 0 Å². The summed E-state index contributed by atoms with van der Waals surface area (Å²) >= 11 is 0. The van der Waals surface area contributed by atoms with Gasteiger partial charge in [0.05, 0.1) is 11.6 Å². The molecule has 0 amide bonds. The van der Waals surface area contributed by atoms with E-state index in [2.05, 4.69) is 249 Å². The predicted octanol–water partition coefficient (Wildman–Crippen LogP) is 14.2. The number of hydrogen-bond acceptors (Lipinski definition) is 3. The lowest BCUT2D eigenvalue weighted by Gasteiger charge is -2.44. The lowest BCUT2D eigenvalue weighted by Crippen LogP contribution is -2.61. The largest absolute Gasteiger partial charge is 0.311 e. The molecular weight excluding hydrogens is 786 g/mol. The number of nitrogens with zero attached hydrogens (tertiary/aromatic N) is 3. The summed E-state index contributed by atoms with van der Waals surface area (Å²) in [5.41, 5.74) is 19.1. The third-order valence-corrected chi connectivity index (χ3v) is 13.5. The molecule has 0 radical (unpaired) electrons. The Hall–Kier alpha value is -8.13. The van der Waals surface area contributed by atoms with Crippen LogP contribution in [0.25, 0.3) is 54.9 Å². The van der Waals surface area contributed by atoms with Crippen molar-refractivity contribution in [3.05, 3.63) is 223 Å². The summed E-state index contributed by atoms with van der Waals surface area (Å²) in [6.45, 7) is 6.90. The molecule has 65 heavy (non-hydrogen) atoms. The number of fused-ring (bicyclic) bond motifs is 6. The normalized spacial score (nSPS) is 12.7. The van der Waals surface area contributed by atoms with Crippen LogP contribution >= 0.6 is 0 Å². The first-order valence-electron chi connectivity index (χ1n) is 22.5. The van der Waals surface area contributed by atoms with Crippen molar-refractivity contribution >= 4 is 78.8 Å². The number of anilines is 6. The first-order chi connectivity index (χ1) is 31.9. The quantitative estimate of drug-likeness (QED) is 0.128. The number of nitriles is 1. The van der Waals surface area contributed by atoms with Crippen LogP contribution in [-0.2, 0) is 5.41 Å². The van der Waals surface area contributed by atoms with Crippen LogP contribution in [0.4, 0.5) is 34.1 Å². The highest BCUT2D eigenvalue weighted by Gasteiger charge is 2.44. The van der Waals surface area contributed by atoms with E-state index < -0.39 is 0 Å². The van der Waals surface area contributed by atoms with E-state index in [1.165, 1.54) is 55.2 Å². The van der Waals surface area contributed by atoms with Gasteiger partial charge in [0.1, 0.15) is 0 Å². The second kappa shape index (κ2) is 15.0. The van der Waals surface area contributed by atoms with Crippen molar-refractivity contribution < 1.29 is 0 Å². The van der Waals surface area contributed by atoms with Crippen molar-refractivity contribution in [1.82, 2.24) is 0 Å². The highest BCUT2D eigenvalue weighted by Crippen LogP contribution is 2.48. The topological polar surface area (TPSA) is 30.3 Å². The zero-order chi connectivity index (χ0) is 43.8. The smallest absolute Gasteiger partial charge is 0.252 e. The molecule has 0 spiro atoms. The highest BCUT2D eigenvalue weighted by atomic mass is 15.2. The van der Waals surface area contributed by atoms with Crippen molar-refractivity contribution in [2.75, 3.05) is 9.80 Å². The summed E-state index contributed by atoms with van der Waals surface area (Å²) in [5, 5.41) is 15.5. The Morgan fingerprint density at radius 2 is 0.862 bits per heavy atom. The minimum Gasteiger partial charge on any atom is -0.311 e. The highest BCUT2D eigenvalue weighted by molar-refractivity contribution is 7.00. The van der Waals surface area contributed by atoms with Crippen LogP contribution in [0.15, 0.2) is 212 Å². The lowest BCUT2D eigenvalue weighted by atomic mass is 9.33. The zero-order valence-corrected chi connectivity index (χ0v) is 36.6. The summed E-state index contributed by atoms with van der Waals surface area (Å²) in [7, 11) is 0. The Morgan fingerprint density at radius 1 is 0.400 bits per heavy atom. The van der Waals surface area contributed by atoms with Crippen molar-refractivity contribution in [3.63, 3.8) is 0 Å². The first-order valence-corrected chi connectivity index (χ1v) is 22.5. The van der Waals surface area contributed by atoms with Gasteiger partial charge >= 0.3 is 0 Å². The van der Waals surface area contributed by atoms with Crippen LogP contribution in [0.5, 0.6) is 0 Å². The Morgan fingerprint density at radius 3 is 1.42 bits per heavy atom. The second-order valence-electron chi connectivity index (χ2n) is 18.4. The van der Waals surface area contributed by atoms with Gasteiger partial charge in [0.15, 0.2) is 0 Å². The Labute approximate surface area is 381 Å². The van der Waals surface area contributed by atoms with Gasteiger partial charge in [0.25, 0.3) is 6.71 Å². The van der Waals surface area contributed by atoms with E-state index in [0.29, 0.717) is 5.56 Å². The second-order valence-corrected chi connectivity index (χ2v) is 18.4. The van der Waals surface area contributed by atoms with Gasteiger partial charge in [-0.2, -0.15) is 5.26 Å². The summed E-state index contributed by atoms with van der Waals surface area (Å²) in [4.78, 5) is 4.92. The SMILES string of the molecule is CC(C)(C)c1ccc2c(c1)B1c3ccccc3N(c3ccccc3)c3cc(-c4cc(C#N)cc(-c5c6ccccc6c(-c6ccccc6)c6ccccc56)c4)cc(c31)N2c1ccccc1. The van der Waals surface area contributed by atoms with Crippen molar-refractivity contribution in [2.24, 2.45) is 0 Å². The fourth-order valence-corrected chi connectivity index (χ4v) is 10.7. The fraction of sp³-hybridized carbons (Fsp3) is 0.0656. The molecule has 0 aromatic heterocycles. The van der Waals surface area contributed by atoms with Crippen LogP contribution in [0, 0.1) is 11.3 Å². The molecule has 0 N–H and O–H groups in total.